The summed E-state index contributed by atoms with van der Waals surface area (Å²) in [6.07, 6.45) is -0.00703. The molecule has 0 spiro atoms. The summed E-state index contributed by atoms with van der Waals surface area (Å²) in [6, 6.07) is 13.3. The minimum absolute atomic E-state index is 0.00703. The van der Waals surface area contributed by atoms with E-state index in [-0.39, 0.29) is 23.1 Å². The molecule has 2 aromatic carbocycles. The van der Waals surface area contributed by atoms with Crippen molar-refractivity contribution >= 4 is 28.5 Å². The highest BCUT2D eigenvalue weighted by atomic mass is 16.6. The molecule has 2 N–H and O–H groups in total. The van der Waals surface area contributed by atoms with E-state index in [9.17, 15) is 19.8 Å². The summed E-state index contributed by atoms with van der Waals surface area (Å²) in [6.45, 7) is 0. The molecule has 0 atom stereocenters. The lowest BCUT2D eigenvalue weighted by molar-refractivity contribution is -0.134. The van der Waals surface area contributed by atoms with Crippen molar-refractivity contribution in [2.24, 2.45) is 0 Å². The molecule has 0 aliphatic heterocycles. The van der Waals surface area contributed by atoms with E-state index >= 15 is 0 Å². The zero-order valence-electron chi connectivity index (χ0n) is 12.3. The topological polar surface area (TPSA) is 114 Å². The van der Waals surface area contributed by atoms with Gasteiger partial charge in [0.2, 0.25) is 0 Å². The number of benzene rings is 2. The largest absolute Gasteiger partial charge is 0.478 e. The summed E-state index contributed by atoms with van der Waals surface area (Å²) < 4.78 is 4.58. The number of hydrogen-bond acceptors (Lipinski definition) is 5. The van der Waals surface area contributed by atoms with Crippen LogP contribution in [0.3, 0.4) is 0 Å². The minimum Gasteiger partial charge on any atom is -0.478 e. The van der Waals surface area contributed by atoms with Crippen LogP contribution in [0, 0.1) is 0 Å². The number of aliphatic carboxylic acids is 2. The number of rotatable bonds is 5. The standard InChI is InChI=1S/C17H12N2O5/c20-16(21)12(8-10-4-2-1-3-5-10)15(17(22)23)11-6-7-13-14(9-11)19-24-18-13/h1-7,9H,8H2,(H,20,21)(H,22,23). The SMILES string of the molecule is O=C(O)C(Cc1ccccc1)=C(C(=O)O)c1ccc2nonc2c1. The Kier molecular flexibility index (Phi) is 4.07. The molecule has 0 aliphatic rings. The summed E-state index contributed by atoms with van der Waals surface area (Å²) in [7, 11) is 0. The van der Waals surface area contributed by atoms with Crippen molar-refractivity contribution in [1.29, 1.82) is 0 Å². The molecular weight excluding hydrogens is 312 g/mol. The summed E-state index contributed by atoms with van der Waals surface area (Å²) in [5, 5.41) is 26.4. The van der Waals surface area contributed by atoms with Gasteiger partial charge in [0.15, 0.2) is 0 Å². The Balaban J connectivity index is 2.15. The van der Waals surface area contributed by atoms with Crippen LogP contribution >= 0.6 is 0 Å². The van der Waals surface area contributed by atoms with E-state index in [0.717, 1.165) is 0 Å². The Bertz CT molecular complexity index is 944. The maximum Gasteiger partial charge on any atom is 0.336 e. The smallest absolute Gasteiger partial charge is 0.336 e. The van der Waals surface area contributed by atoms with Crippen LogP contribution in [0.25, 0.3) is 16.6 Å². The quantitative estimate of drug-likeness (QED) is 0.693. The lowest BCUT2D eigenvalue weighted by Crippen LogP contribution is -2.13. The number of carbonyl (C=O) groups is 2. The number of carboxylic acids is 2. The number of nitrogens with zero attached hydrogens (tertiary/aromatic N) is 2. The van der Waals surface area contributed by atoms with E-state index in [4.69, 9.17) is 0 Å². The first-order valence-electron chi connectivity index (χ1n) is 7.02. The highest BCUT2D eigenvalue weighted by Crippen LogP contribution is 2.25. The van der Waals surface area contributed by atoms with Gasteiger partial charge in [0, 0.05) is 6.42 Å². The summed E-state index contributed by atoms with van der Waals surface area (Å²) in [4.78, 5) is 23.4. The van der Waals surface area contributed by atoms with Gasteiger partial charge in [-0.05, 0) is 33.6 Å². The van der Waals surface area contributed by atoms with Crippen LogP contribution in [0.1, 0.15) is 11.1 Å². The van der Waals surface area contributed by atoms with Gasteiger partial charge in [0.25, 0.3) is 0 Å². The third kappa shape index (κ3) is 3.00. The van der Waals surface area contributed by atoms with Gasteiger partial charge in [-0.3, -0.25) is 0 Å². The van der Waals surface area contributed by atoms with Crippen LogP contribution < -0.4 is 0 Å². The second kappa shape index (κ2) is 6.33. The first kappa shape index (κ1) is 15.4. The molecule has 0 bridgehead atoms. The minimum atomic E-state index is -1.32. The number of carboxylic acid groups (broad SMARTS) is 2. The van der Waals surface area contributed by atoms with Crippen molar-refractivity contribution in [1.82, 2.24) is 10.3 Å². The van der Waals surface area contributed by atoms with Crippen molar-refractivity contribution in [3.63, 3.8) is 0 Å². The Morgan fingerprint density at radius 2 is 1.62 bits per heavy atom. The second-order valence-corrected chi connectivity index (χ2v) is 5.09. The van der Waals surface area contributed by atoms with Crippen molar-refractivity contribution < 1.29 is 24.4 Å². The van der Waals surface area contributed by atoms with Crippen molar-refractivity contribution in [3.05, 3.63) is 65.2 Å². The van der Waals surface area contributed by atoms with Crippen molar-refractivity contribution in [3.8, 4) is 0 Å². The molecule has 120 valence electrons. The molecule has 7 nitrogen and oxygen atoms in total. The van der Waals surface area contributed by atoms with Crippen LogP contribution in [0.4, 0.5) is 0 Å². The summed E-state index contributed by atoms with van der Waals surface area (Å²) in [5.74, 6) is -2.60. The van der Waals surface area contributed by atoms with E-state index in [1.807, 2.05) is 0 Å². The van der Waals surface area contributed by atoms with Gasteiger partial charge in [-0.1, -0.05) is 36.4 Å². The Labute approximate surface area is 135 Å². The van der Waals surface area contributed by atoms with Crippen LogP contribution in [-0.4, -0.2) is 32.5 Å². The summed E-state index contributed by atoms with van der Waals surface area (Å²) in [5.41, 5.74) is 1.27. The predicted octanol–water partition coefficient (Wildman–Crippen LogP) is 2.39. The van der Waals surface area contributed by atoms with Crippen LogP contribution in [0.5, 0.6) is 0 Å². The molecule has 7 heteroatoms. The molecule has 1 heterocycles. The molecule has 0 fully saturated rings. The van der Waals surface area contributed by atoms with Gasteiger partial charge < -0.3 is 10.2 Å². The molecule has 1 aromatic heterocycles. The molecule has 0 radical (unpaired) electrons. The van der Waals surface area contributed by atoms with Crippen LogP contribution in [-0.2, 0) is 16.0 Å². The molecule has 3 aromatic rings. The van der Waals surface area contributed by atoms with Crippen molar-refractivity contribution in [2.75, 3.05) is 0 Å². The average molecular weight is 324 g/mol. The Morgan fingerprint density at radius 3 is 2.29 bits per heavy atom. The van der Waals surface area contributed by atoms with Gasteiger partial charge >= 0.3 is 11.9 Å². The monoisotopic (exact) mass is 324 g/mol. The van der Waals surface area contributed by atoms with E-state index in [2.05, 4.69) is 14.9 Å². The third-order valence-corrected chi connectivity index (χ3v) is 3.54. The zero-order valence-corrected chi connectivity index (χ0v) is 12.3. The van der Waals surface area contributed by atoms with E-state index in [0.29, 0.717) is 16.6 Å². The maximum absolute atomic E-state index is 11.7. The highest BCUT2D eigenvalue weighted by Gasteiger charge is 2.23. The van der Waals surface area contributed by atoms with Gasteiger partial charge in [-0.2, -0.15) is 0 Å². The fourth-order valence-electron chi connectivity index (χ4n) is 2.44. The highest BCUT2D eigenvalue weighted by molar-refractivity contribution is 6.22. The second-order valence-electron chi connectivity index (χ2n) is 5.09. The fourth-order valence-corrected chi connectivity index (χ4v) is 2.44. The van der Waals surface area contributed by atoms with Gasteiger partial charge in [0.05, 0.1) is 11.1 Å². The number of aromatic nitrogens is 2. The maximum atomic E-state index is 11.7. The number of fused-ring (bicyclic) bond motifs is 1. The normalized spacial score (nSPS) is 12.0. The molecule has 0 amide bonds. The molecule has 0 unspecified atom stereocenters. The summed E-state index contributed by atoms with van der Waals surface area (Å²) >= 11 is 0. The average Bonchev–Trinajstić information content (AvgIpc) is 3.02. The van der Waals surface area contributed by atoms with Crippen molar-refractivity contribution in [2.45, 2.75) is 6.42 Å². The lowest BCUT2D eigenvalue weighted by atomic mass is 9.94. The zero-order chi connectivity index (χ0) is 17.1. The van der Waals surface area contributed by atoms with Gasteiger partial charge in [-0.25, -0.2) is 14.2 Å². The lowest BCUT2D eigenvalue weighted by Gasteiger charge is -2.09. The molecule has 0 aliphatic carbocycles. The van der Waals surface area contributed by atoms with Crippen LogP contribution in [0.2, 0.25) is 0 Å². The molecular formula is C17H12N2O5. The Morgan fingerprint density at radius 1 is 0.917 bits per heavy atom. The third-order valence-electron chi connectivity index (χ3n) is 3.54. The van der Waals surface area contributed by atoms with Gasteiger partial charge in [-0.15, -0.1) is 0 Å². The van der Waals surface area contributed by atoms with E-state index < -0.39 is 11.9 Å². The van der Waals surface area contributed by atoms with Gasteiger partial charge in [0.1, 0.15) is 11.0 Å². The van der Waals surface area contributed by atoms with Crippen LogP contribution in [0.15, 0.2) is 58.7 Å². The molecule has 3 rings (SSSR count). The molecule has 0 saturated carbocycles. The predicted molar refractivity (Wildman–Crippen MR) is 84.1 cm³/mol. The molecule has 24 heavy (non-hydrogen) atoms. The first-order valence-corrected chi connectivity index (χ1v) is 7.02. The molecule has 0 saturated heterocycles. The van der Waals surface area contributed by atoms with E-state index in [1.54, 1.807) is 30.3 Å². The Hall–Kier alpha value is -3.48. The fraction of sp³-hybridized carbons (Fsp3) is 0.0588. The first-order chi connectivity index (χ1) is 11.6. The number of hydrogen-bond donors (Lipinski definition) is 2. The van der Waals surface area contributed by atoms with E-state index in [1.165, 1.54) is 18.2 Å².